The Hall–Kier alpha value is -3.18. The molecule has 2 aromatic heterocycles. The smallest absolute Gasteiger partial charge is 0.332 e. The zero-order valence-corrected chi connectivity index (χ0v) is 20.9. The highest BCUT2D eigenvalue weighted by Crippen LogP contribution is 2.23. The van der Waals surface area contributed by atoms with Crippen LogP contribution in [0.25, 0.3) is 11.2 Å². The number of rotatable bonds is 6. The molecule has 3 aromatic rings. The van der Waals surface area contributed by atoms with Crippen LogP contribution in [0.2, 0.25) is 0 Å². The Bertz CT molecular complexity index is 1300. The number of methoxy groups -OCH3 is 1. The van der Waals surface area contributed by atoms with Gasteiger partial charge < -0.3 is 19.9 Å². The average molecular weight is 486 g/mol. The molecule has 4 rings (SSSR count). The number of nitrogens with zero attached hydrogens (tertiary/aromatic N) is 6. The predicted octanol–water partition coefficient (Wildman–Crippen LogP) is 0.433. The van der Waals surface area contributed by atoms with E-state index in [-0.39, 0.29) is 11.2 Å². The number of aromatic nitrogens is 4. The van der Waals surface area contributed by atoms with Crippen molar-refractivity contribution >= 4 is 34.4 Å². The molecule has 0 atom stereocenters. The molecule has 11 heteroatoms. The number of anilines is 1. The molecule has 1 aliphatic heterocycles. The van der Waals surface area contributed by atoms with E-state index in [1.54, 1.807) is 14.2 Å². The van der Waals surface area contributed by atoms with Crippen LogP contribution < -0.4 is 21.5 Å². The highest BCUT2D eigenvalue weighted by molar-refractivity contribution is 7.80. The molecular weight excluding hydrogens is 454 g/mol. The van der Waals surface area contributed by atoms with Crippen LogP contribution in [-0.4, -0.2) is 75.1 Å². The lowest BCUT2D eigenvalue weighted by atomic mass is 10.1. The van der Waals surface area contributed by atoms with Gasteiger partial charge in [0.25, 0.3) is 5.56 Å². The minimum atomic E-state index is -0.388. The molecule has 0 saturated carbocycles. The van der Waals surface area contributed by atoms with Crippen molar-refractivity contribution in [2.45, 2.75) is 13.5 Å². The standard InChI is InChI=1S/C23H31N7O3S/c1-16-5-7-17(8-6-16)15-30-18-19(26(2)23(32)27(3)20(18)31)25-21(30)28-10-12-29(13-11-28)22(34)24-9-14-33-4/h5-8H,9-15H2,1-4H3,(H,24,34). The third-order valence-corrected chi connectivity index (χ3v) is 6.62. The highest BCUT2D eigenvalue weighted by Gasteiger charge is 2.26. The number of hydrogen-bond acceptors (Lipinski definition) is 6. The van der Waals surface area contributed by atoms with Crippen LogP contribution in [0.5, 0.6) is 0 Å². The Morgan fingerprint density at radius 2 is 1.76 bits per heavy atom. The maximum Gasteiger partial charge on any atom is 0.332 e. The fourth-order valence-corrected chi connectivity index (χ4v) is 4.47. The summed E-state index contributed by atoms with van der Waals surface area (Å²) >= 11 is 5.52. The molecule has 0 spiro atoms. The number of aryl methyl sites for hydroxylation is 2. The van der Waals surface area contributed by atoms with E-state index in [0.717, 1.165) is 23.2 Å². The first-order valence-electron chi connectivity index (χ1n) is 11.3. The van der Waals surface area contributed by atoms with Crippen LogP contribution in [0, 0.1) is 6.92 Å². The van der Waals surface area contributed by atoms with E-state index in [1.165, 1.54) is 17.2 Å². The molecule has 3 heterocycles. The largest absolute Gasteiger partial charge is 0.383 e. The monoisotopic (exact) mass is 485 g/mol. The van der Waals surface area contributed by atoms with E-state index in [4.69, 9.17) is 21.9 Å². The number of piperazine rings is 1. The maximum atomic E-state index is 13.2. The van der Waals surface area contributed by atoms with Crippen molar-refractivity contribution in [3.05, 3.63) is 56.2 Å². The van der Waals surface area contributed by atoms with E-state index in [2.05, 4.69) is 39.4 Å². The van der Waals surface area contributed by atoms with Gasteiger partial charge in [0, 0.05) is 53.9 Å². The van der Waals surface area contributed by atoms with Crippen LogP contribution in [0.3, 0.4) is 0 Å². The first kappa shape index (κ1) is 24.0. The third kappa shape index (κ3) is 4.58. The molecule has 0 unspecified atom stereocenters. The molecule has 1 aliphatic rings. The maximum absolute atomic E-state index is 13.2. The Morgan fingerprint density at radius 3 is 2.41 bits per heavy atom. The average Bonchev–Trinajstić information content (AvgIpc) is 3.22. The summed E-state index contributed by atoms with van der Waals surface area (Å²) in [5.41, 5.74) is 2.33. The van der Waals surface area contributed by atoms with Crippen molar-refractivity contribution in [2.75, 3.05) is 51.3 Å². The summed E-state index contributed by atoms with van der Waals surface area (Å²) < 4.78 is 9.60. The second-order valence-electron chi connectivity index (χ2n) is 8.56. The van der Waals surface area contributed by atoms with Crippen LogP contribution in [0.1, 0.15) is 11.1 Å². The molecule has 1 fully saturated rings. The van der Waals surface area contributed by atoms with Gasteiger partial charge in [0.15, 0.2) is 16.3 Å². The van der Waals surface area contributed by atoms with E-state index in [1.807, 2.05) is 11.5 Å². The molecule has 34 heavy (non-hydrogen) atoms. The quantitative estimate of drug-likeness (QED) is 0.397. The summed E-state index contributed by atoms with van der Waals surface area (Å²) in [7, 11) is 4.82. The van der Waals surface area contributed by atoms with E-state index >= 15 is 0 Å². The molecule has 1 N–H and O–H groups in total. The fraction of sp³-hybridized carbons (Fsp3) is 0.478. The molecular formula is C23H31N7O3S. The lowest BCUT2D eigenvalue weighted by molar-refractivity contribution is 0.202. The van der Waals surface area contributed by atoms with Crippen molar-refractivity contribution in [2.24, 2.45) is 14.1 Å². The van der Waals surface area contributed by atoms with E-state index in [0.29, 0.717) is 55.0 Å². The van der Waals surface area contributed by atoms with Gasteiger partial charge in [-0.25, -0.2) is 4.79 Å². The van der Waals surface area contributed by atoms with Crippen molar-refractivity contribution < 1.29 is 4.74 Å². The van der Waals surface area contributed by atoms with Gasteiger partial charge in [-0.15, -0.1) is 0 Å². The van der Waals surface area contributed by atoms with E-state index in [9.17, 15) is 9.59 Å². The predicted molar refractivity (Wildman–Crippen MR) is 137 cm³/mol. The number of nitrogens with one attached hydrogen (secondary N) is 1. The Morgan fingerprint density at radius 1 is 1.09 bits per heavy atom. The normalized spacial score (nSPS) is 14.1. The summed E-state index contributed by atoms with van der Waals surface area (Å²) in [6.45, 7) is 6.62. The zero-order chi connectivity index (χ0) is 24.4. The number of fused-ring (bicyclic) bond motifs is 1. The Labute approximate surface area is 203 Å². The molecule has 0 bridgehead atoms. The molecule has 182 valence electrons. The minimum absolute atomic E-state index is 0.342. The van der Waals surface area contributed by atoms with Crippen molar-refractivity contribution in [3.8, 4) is 0 Å². The summed E-state index contributed by atoms with van der Waals surface area (Å²) in [5.74, 6) is 0.687. The van der Waals surface area contributed by atoms with Gasteiger partial charge in [0.05, 0.1) is 13.2 Å². The van der Waals surface area contributed by atoms with Crippen LogP contribution in [0.15, 0.2) is 33.9 Å². The topological polar surface area (TPSA) is 89.6 Å². The molecule has 0 radical (unpaired) electrons. The molecule has 1 aromatic carbocycles. The van der Waals surface area contributed by atoms with Gasteiger partial charge in [-0.05, 0) is 24.7 Å². The summed E-state index contributed by atoms with van der Waals surface area (Å²) in [4.78, 5) is 34.8. The first-order chi connectivity index (χ1) is 16.3. The summed E-state index contributed by atoms with van der Waals surface area (Å²) in [6, 6.07) is 8.22. The van der Waals surface area contributed by atoms with Gasteiger partial charge in [-0.3, -0.25) is 18.5 Å². The first-order valence-corrected chi connectivity index (χ1v) is 11.7. The van der Waals surface area contributed by atoms with Gasteiger partial charge in [0.1, 0.15) is 0 Å². The lowest BCUT2D eigenvalue weighted by Gasteiger charge is -2.36. The van der Waals surface area contributed by atoms with Gasteiger partial charge in [0.2, 0.25) is 5.95 Å². The van der Waals surface area contributed by atoms with Crippen LogP contribution in [0.4, 0.5) is 5.95 Å². The van der Waals surface area contributed by atoms with Crippen molar-refractivity contribution in [1.29, 1.82) is 0 Å². The van der Waals surface area contributed by atoms with Crippen molar-refractivity contribution in [1.82, 2.24) is 28.9 Å². The van der Waals surface area contributed by atoms with Crippen molar-refractivity contribution in [3.63, 3.8) is 0 Å². The van der Waals surface area contributed by atoms with Crippen LogP contribution in [-0.2, 0) is 25.4 Å². The number of imidazole rings is 1. The van der Waals surface area contributed by atoms with E-state index < -0.39 is 0 Å². The molecule has 0 aliphatic carbocycles. The zero-order valence-electron chi connectivity index (χ0n) is 20.1. The number of ether oxygens (including phenoxy) is 1. The van der Waals surface area contributed by atoms with Crippen LogP contribution >= 0.6 is 12.2 Å². The Balaban J connectivity index is 1.68. The van der Waals surface area contributed by atoms with Gasteiger partial charge in [-0.1, -0.05) is 29.8 Å². The van der Waals surface area contributed by atoms with Gasteiger partial charge in [-0.2, -0.15) is 4.98 Å². The number of thiocarbonyl (C=S) groups is 1. The highest BCUT2D eigenvalue weighted by atomic mass is 32.1. The summed E-state index contributed by atoms with van der Waals surface area (Å²) in [5, 5.41) is 3.93. The minimum Gasteiger partial charge on any atom is -0.383 e. The lowest BCUT2D eigenvalue weighted by Crippen LogP contribution is -2.52. The second kappa shape index (κ2) is 9.98. The molecule has 0 amide bonds. The third-order valence-electron chi connectivity index (χ3n) is 6.22. The number of benzene rings is 1. The SMILES string of the molecule is COCCNC(=S)N1CCN(c2nc3c(c(=O)n(C)c(=O)n3C)n2Cc2ccc(C)cc2)CC1. The molecule has 1 saturated heterocycles. The molecule has 10 nitrogen and oxygen atoms in total. The second-order valence-corrected chi connectivity index (χ2v) is 8.95. The number of hydrogen-bond donors (Lipinski definition) is 1. The summed E-state index contributed by atoms with van der Waals surface area (Å²) in [6.07, 6.45) is 0. The van der Waals surface area contributed by atoms with Gasteiger partial charge >= 0.3 is 5.69 Å². The Kier molecular flexibility index (Phi) is 7.03. The fourth-order valence-electron chi connectivity index (χ4n) is 4.18.